The Balaban J connectivity index is 1.89. The van der Waals surface area contributed by atoms with Gasteiger partial charge in [-0.15, -0.1) is 0 Å². The molecule has 6 nitrogen and oxygen atoms in total. The number of aromatic nitrogens is 4. The number of rotatable bonds is 2. The molecule has 0 amide bonds. The summed E-state index contributed by atoms with van der Waals surface area (Å²) in [5.41, 5.74) is 5.89. The van der Waals surface area contributed by atoms with Crippen LogP contribution in [0.5, 0.6) is 0 Å². The molecular weight excluding hydrogens is 216 g/mol. The molecule has 88 valence electrons. The van der Waals surface area contributed by atoms with Gasteiger partial charge in [0.25, 0.3) is 0 Å². The van der Waals surface area contributed by atoms with E-state index in [1.165, 1.54) is 0 Å². The second-order valence-electron chi connectivity index (χ2n) is 4.20. The van der Waals surface area contributed by atoms with Gasteiger partial charge in [-0.25, -0.2) is 15.0 Å². The van der Waals surface area contributed by atoms with Gasteiger partial charge in [0.1, 0.15) is 24.3 Å². The van der Waals surface area contributed by atoms with Crippen molar-refractivity contribution >= 4 is 5.82 Å². The van der Waals surface area contributed by atoms with E-state index in [2.05, 4.69) is 19.9 Å². The standard InChI is InChI=1S/C11H14N6/c12-9-1-3-16(6-9)10-5-11(15-7-14-10)17-4-2-13-8-17/h2,4-5,7-9H,1,3,6,12H2/t9-/m1/s1. The van der Waals surface area contributed by atoms with Gasteiger partial charge in [-0.2, -0.15) is 0 Å². The Morgan fingerprint density at radius 2 is 2.18 bits per heavy atom. The Hall–Kier alpha value is -1.95. The Morgan fingerprint density at radius 1 is 1.29 bits per heavy atom. The van der Waals surface area contributed by atoms with E-state index in [9.17, 15) is 0 Å². The van der Waals surface area contributed by atoms with Gasteiger partial charge < -0.3 is 10.6 Å². The third-order valence-corrected chi connectivity index (χ3v) is 2.96. The minimum atomic E-state index is 0.252. The van der Waals surface area contributed by atoms with Gasteiger partial charge >= 0.3 is 0 Å². The molecule has 1 saturated heterocycles. The topological polar surface area (TPSA) is 72.9 Å². The maximum atomic E-state index is 5.89. The van der Waals surface area contributed by atoms with E-state index in [0.29, 0.717) is 0 Å². The maximum absolute atomic E-state index is 5.89. The molecule has 2 N–H and O–H groups in total. The second kappa shape index (κ2) is 4.14. The third-order valence-electron chi connectivity index (χ3n) is 2.96. The van der Waals surface area contributed by atoms with Gasteiger partial charge in [0.05, 0.1) is 0 Å². The normalized spacial score (nSPS) is 19.8. The van der Waals surface area contributed by atoms with Crippen molar-refractivity contribution in [2.75, 3.05) is 18.0 Å². The number of imidazole rings is 1. The molecule has 1 aliphatic rings. The zero-order valence-corrected chi connectivity index (χ0v) is 9.40. The van der Waals surface area contributed by atoms with Crippen molar-refractivity contribution in [2.24, 2.45) is 5.73 Å². The SMILES string of the molecule is N[C@@H]1CCN(c2cc(-n3ccnc3)ncn2)C1. The van der Waals surface area contributed by atoms with Crippen LogP contribution in [0.2, 0.25) is 0 Å². The van der Waals surface area contributed by atoms with Crippen LogP contribution in [-0.2, 0) is 0 Å². The van der Waals surface area contributed by atoms with E-state index < -0.39 is 0 Å². The lowest BCUT2D eigenvalue weighted by Crippen LogP contribution is -2.27. The van der Waals surface area contributed by atoms with E-state index in [1.807, 2.05) is 16.8 Å². The van der Waals surface area contributed by atoms with Gasteiger partial charge in [0.15, 0.2) is 0 Å². The van der Waals surface area contributed by atoms with Crippen LogP contribution in [-0.4, -0.2) is 38.7 Å². The molecule has 1 atom stereocenters. The van der Waals surface area contributed by atoms with Crippen LogP contribution in [0.4, 0.5) is 5.82 Å². The van der Waals surface area contributed by atoms with E-state index >= 15 is 0 Å². The Labute approximate surface area is 99.1 Å². The molecule has 2 aromatic heterocycles. The molecule has 0 radical (unpaired) electrons. The molecule has 0 aliphatic carbocycles. The van der Waals surface area contributed by atoms with Crippen molar-refractivity contribution in [2.45, 2.75) is 12.5 Å². The van der Waals surface area contributed by atoms with Crippen molar-refractivity contribution in [1.82, 2.24) is 19.5 Å². The van der Waals surface area contributed by atoms with Crippen LogP contribution >= 0.6 is 0 Å². The lowest BCUT2D eigenvalue weighted by molar-refractivity contribution is 0.751. The minimum absolute atomic E-state index is 0.252. The summed E-state index contributed by atoms with van der Waals surface area (Å²) in [7, 11) is 0. The molecule has 17 heavy (non-hydrogen) atoms. The van der Waals surface area contributed by atoms with Gasteiger partial charge in [-0.3, -0.25) is 4.57 Å². The molecule has 0 spiro atoms. The highest BCUT2D eigenvalue weighted by molar-refractivity contribution is 5.44. The molecule has 0 saturated carbocycles. The Bertz CT molecular complexity index is 494. The number of nitrogens with zero attached hydrogens (tertiary/aromatic N) is 5. The van der Waals surface area contributed by atoms with E-state index in [1.54, 1.807) is 18.9 Å². The first-order chi connectivity index (χ1) is 8.33. The molecule has 0 bridgehead atoms. The average Bonchev–Trinajstić information content (AvgIpc) is 3.00. The highest BCUT2D eigenvalue weighted by atomic mass is 15.2. The van der Waals surface area contributed by atoms with Crippen molar-refractivity contribution in [1.29, 1.82) is 0 Å². The third kappa shape index (κ3) is 1.99. The fourth-order valence-corrected chi connectivity index (χ4v) is 2.04. The highest BCUT2D eigenvalue weighted by Crippen LogP contribution is 2.18. The van der Waals surface area contributed by atoms with Crippen LogP contribution < -0.4 is 10.6 Å². The first kappa shape index (κ1) is 10.2. The Kier molecular flexibility index (Phi) is 2.49. The molecule has 0 aromatic carbocycles. The lowest BCUT2D eigenvalue weighted by Gasteiger charge is -2.16. The summed E-state index contributed by atoms with van der Waals surface area (Å²) >= 11 is 0. The van der Waals surface area contributed by atoms with E-state index in [0.717, 1.165) is 31.1 Å². The minimum Gasteiger partial charge on any atom is -0.355 e. The first-order valence-electron chi connectivity index (χ1n) is 5.64. The number of hydrogen-bond donors (Lipinski definition) is 1. The number of hydrogen-bond acceptors (Lipinski definition) is 5. The number of anilines is 1. The van der Waals surface area contributed by atoms with Gasteiger partial charge in [0.2, 0.25) is 0 Å². The number of nitrogens with two attached hydrogens (primary N) is 1. The highest BCUT2D eigenvalue weighted by Gasteiger charge is 2.20. The zero-order valence-electron chi connectivity index (χ0n) is 9.40. The van der Waals surface area contributed by atoms with Crippen LogP contribution in [0.1, 0.15) is 6.42 Å². The summed E-state index contributed by atoms with van der Waals surface area (Å²) in [4.78, 5) is 14.7. The van der Waals surface area contributed by atoms with Gasteiger partial charge in [0, 0.05) is 37.6 Å². The quantitative estimate of drug-likeness (QED) is 0.797. The van der Waals surface area contributed by atoms with Crippen LogP contribution in [0.15, 0.2) is 31.1 Å². The fraction of sp³-hybridized carbons (Fsp3) is 0.364. The molecule has 0 unspecified atom stereocenters. The van der Waals surface area contributed by atoms with Gasteiger partial charge in [-0.1, -0.05) is 0 Å². The van der Waals surface area contributed by atoms with Crippen molar-refractivity contribution < 1.29 is 0 Å². The molecule has 1 fully saturated rings. The van der Waals surface area contributed by atoms with Crippen LogP contribution in [0, 0.1) is 0 Å². The average molecular weight is 230 g/mol. The maximum Gasteiger partial charge on any atom is 0.143 e. The molecule has 3 rings (SSSR count). The monoisotopic (exact) mass is 230 g/mol. The summed E-state index contributed by atoms with van der Waals surface area (Å²) in [5.74, 6) is 1.75. The van der Waals surface area contributed by atoms with E-state index in [-0.39, 0.29) is 6.04 Å². The predicted molar refractivity (Wildman–Crippen MR) is 64.0 cm³/mol. The fourth-order valence-electron chi connectivity index (χ4n) is 2.04. The molecule has 2 aromatic rings. The van der Waals surface area contributed by atoms with Gasteiger partial charge in [-0.05, 0) is 6.42 Å². The molecule has 6 heteroatoms. The summed E-state index contributed by atoms with van der Waals surface area (Å²) < 4.78 is 1.86. The summed E-state index contributed by atoms with van der Waals surface area (Å²) in [6, 6.07) is 2.21. The van der Waals surface area contributed by atoms with Crippen LogP contribution in [0.25, 0.3) is 5.82 Å². The van der Waals surface area contributed by atoms with Crippen molar-refractivity contribution in [3.63, 3.8) is 0 Å². The molecule has 3 heterocycles. The largest absolute Gasteiger partial charge is 0.355 e. The van der Waals surface area contributed by atoms with Crippen molar-refractivity contribution in [3.8, 4) is 5.82 Å². The lowest BCUT2D eigenvalue weighted by atomic mass is 10.3. The Morgan fingerprint density at radius 3 is 2.88 bits per heavy atom. The van der Waals surface area contributed by atoms with E-state index in [4.69, 9.17) is 5.73 Å². The van der Waals surface area contributed by atoms with Crippen LogP contribution in [0.3, 0.4) is 0 Å². The summed E-state index contributed by atoms with van der Waals surface area (Å²) in [6.07, 6.45) is 7.91. The molecular formula is C11H14N6. The zero-order chi connectivity index (χ0) is 11.7. The summed E-state index contributed by atoms with van der Waals surface area (Å²) in [5, 5.41) is 0. The predicted octanol–water partition coefficient (Wildman–Crippen LogP) is 0.200. The smallest absolute Gasteiger partial charge is 0.143 e. The second-order valence-corrected chi connectivity index (χ2v) is 4.20. The molecule has 1 aliphatic heterocycles. The first-order valence-corrected chi connectivity index (χ1v) is 5.64. The summed E-state index contributed by atoms with van der Waals surface area (Å²) in [6.45, 7) is 1.82. The van der Waals surface area contributed by atoms with Crippen molar-refractivity contribution in [3.05, 3.63) is 31.1 Å².